The van der Waals surface area contributed by atoms with Gasteiger partial charge < -0.3 is 36.2 Å². The Bertz CT molecular complexity index is 4520. The lowest BCUT2D eigenvalue weighted by molar-refractivity contribution is 0.0686. The maximum Gasteiger partial charge on any atom is 0.335 e. The maximum atomic E-state index is 11.2. The summed E-state index contributed by atoms with van der Waals surface area (Å²) >= 11 is 0. The molecule has 0 saturated carbocycles. The Labute approximate surface area is 516 Å². The lowest BCUT2D eigenvalue weighted by atomic mass is 10.1. The molecule has 3 aromatic heterocycles. The van der Waals surface area contributed by atoms with Crippen LogP contribution in [0.5, 0.6) is 0 Å². The number of nitrogens with zero attached hydrogens (tertiary/aromatic N) is 5. The van der Waals surface area contributed by atoms with E-state index < -0.39 is 29.8 Å². The van der Waals surface area contributed by atoms with Crippen LogP contribution >= 0.6 is 0 Å². The van der Waals surface area contributed by atoms with Crippen molar-refractivity contribution >= 4 is 86.8 Å². The predicted molar refractivity (Wildman–Crippen MR) is 347 cm³/mol. The van der Waals surface area contributed by atoms with Gasteiger partial charge >= 0.3 is 29.8 Å². The van der Waals surface area contributed by atoms with Gasteiger partial charge in [0.05, 0.1) is 98.5 Å². The van der Waals surface area contributed by atoms with E-state index in [0.717, 1.165) is 61.3 Å². The standard InChI is InChI=1S/C31H17NO4.C21H19N3O4.C21H17N3O2/c33-30(34)24-5-1-3-20(15-24)7-9-22-11-13-28-26(17-22)19-27-18-23(12-14-29(27)32-28)10-8-21-4-2-6-25(16-21)31(35)36;25-20(26)14-4-1-6-16(10-14)22-12-18-8-3-9-19(24-18)13-23-17-7-2-5-15(11-17)21(27)28;1-15-5-2-7-17(11-15)22-13-19-9-4-10-20(24-19)14-23-18-8-3-6-16(12-18)21(25)26/h1-6,11-19H,(H,33,34)(H,35,36);1-11,22-23H,12-13H2,(H,25,26)(H,27,28);2-14H,1H3,(H,25,26). The summed E-state index contributed by atoms with van der Waals surface area (Å²) in [7, 11) is 0. The first-order valence-corrected chi connectivity index (χ1v) is 27.7. The van der Waals surface area contributed by atoms with Crippen molar-refractivity contribution in [3.05, 3.63) is 303 Å². The first kappa shape index (κ1) is 61.7. The van der Waals surface area contributed by atoms with Crippen LogP contribution in [0.1, 0.15) is 102 Å². The summed E-state index contributed by atoms with van der Waals surface area (Å²) in [6.07, 6.45) is 3.31. The SMILES string of the molecule is Cc1cccc(N=Cc2cccc(C=Nc3cccc(C(=O)O)c3)n2)c1.O=C(O)c1cccc(C#Cc2ccc3nc4ccc(C#Cc5cccc(C(=O)O)c5)cc4cc3c2)c1.O=C(O)c1cccc(NCc2cccc(CNc3cccc(C(=O)O)c3)n2)c1. The molecule has 0 amide bonds. The number of rotatable bonds is 15. The lowest BCUT2D eigenvalue weighted by Crippen LogP contribution is -2.07. The number of aromatic carboxylic acids is 5. The highest BCUT2D eigenvalue weighted by Gasteiger charge is 2.09. The number of hydrogen-bond donors (Lipinski definition) is 7. The average molecular weight is 1190 g/mol. The molecule has 0 saturated heterocycles. The summed E-state index contributed by atoms with van der Waals surface area (Å²) in [5.74, 6) is 7.34. The van der Waals surface area contributed by atoms with Crippen LogP contribution in [-0.4, -0.2) is 82.8 Å². The predicted octanol–water partition coefficient (Wildman–Crippen LogP) is 13.9. The minimum atomic E-state index is -0.986. The van der Waals surface area contributed by atoms with E-state index in [1.54, 1.807) is 97.4 Å². The summed E-state index contributed by atoms with van der Waals surface area (Å²) in [6.45, 7) is 2.92. The van der Waals surface area contributed by atoms with Crippen molar-refractivity contribution in [2.75, 3.05) is 10.6 Å². The molecule has 440 valence electrons. The van der Waals surface area contributed by atoms with Crippen molar-refractivity contribution in [2.24, 2.45) is 9.98 Å². The van der Waals surface area contributed by atoms with Crippen molar-refractivity contribution in [1.29, 1.82) is 0 Å². The van der Waals surface area contributed by atoms with Crippen molar-refractivity contribution in [2.45, 2.75) is 20.0 Å². The normalized spacial score (nSPS) is 10.5. The number of hydrogen-bond acceptors (Lipinski definition) is 12. The molecule has 0 bridgehead atoms. The fourth-order valence-corrected chi connectivity index (χ4v) is 8.70. The summed E-state index contributed by atoms with van der Waals surface area (Å²) in [5.41, 5.74) is 12.5. The fourth-order valence-electron chi connectivity index (χ4n) is 8.70. The number of fused-ring (bicyclic) bond motifs is 2. The number of anilines is 2. The first-order chi connectivity index (χ1) is 43.5. The highest BCUT2D eigenvalue weighted by Crippen LogP contribution is 2.23. The summed E-state index contributed by atoms with van der Waals surface area (Å²) in [5, 5.41) is 53.6. The Balaban J connectivity index is 0.000000163. The Morgan fingerprint density at radius 3 is 1.21 bits per heavy atom. The Hall–Kier alpha value is -12.9. The van der Waals surface area contributed by atoms with Gasteiger partial charge in [-0.15, -0.1) is 0 Å². The minimum absolute atomic E-state index is 0.199. The quantitative estimate of drug-likeness (QED) is 0.0286. The van der Waals surface area contributed by atoms with Crippen molar-refractivity contribution in [3.63, 3.8) is 0 Å². The number of aliphatic imine (C=N–C) groups is 2. The van der Waals surface area contributed by atoms with Crippen molar-refractivity contribution < 1.29 is 49.5 Å². The lowest BCUT2D eigenvalue weighted by Gasteiger charge is -2.10. The van der Waals surface area contributed by atoms with Crippen LogP contribution in [0.25, 0.3) is 21.8 Å². The molecule has 3 heterocycles. The van der Waals surface area contributed by atoms with Crippen LogP contribution in [0.15, 0.2) is 234 Å². The topological polar surface area (TPSA) is 274 Å². The number of carboxylic acids is 5. The Morgan fingerprint density at radius 2 is 0.756 bits per heavy atom. The molecule has 0 aliphatic heterocycles. The van der Waals surface area contributed by atoms with E-state index in [1.165, 1.54) is 36.4 Å². The van der Waals surface area contributed by atoms with E-state index in [1.807, 2.05) is 110 Å². The highest BCUT2D eigenvalue weighted by molar-refractivity contribution is 5.95. The van der Waals surface area contributed by atoms with Gasteiger partial charge in [0.25, 0.3) is 0 Å². The molecule has 0 unspecified atom stereocenters. The van der Waals surface area contributed by atoms with Gasteiger partial charge in [0.1, 0.15) is 0 Å². The van der Waals surface area contributed by atoms with Crippen molar-refractivity contribution in [3.8, 4) is 23.7 Å². The number of benzene rings is 8. The van der Waals surface area contributed by atoms with Gasteiger partial charge in [-0.05, 0) is 182 Å². The van der Waals surface area contributed by atoms with Gasteiger partial charge in [-0.3, -0.25) is 15.0 Å². The van der Waals surface area contributed by atoms with E-state index in [9.17, 15) is 24.0 Å². The number of carbonyl (C=O) groups is 5. The van der Waals surface area contributed by atoms with Gasteiger partial charge in [0.2, 0.25) is 0 Å². The van der Waals surface area contributed by atoms with E-state index in [4.69, 9.17) is 30.5 Å². The third kappa shape index (κ3) is 18.1. The maximum absolute atomic E-state index is 11.2. The highest BCUT2D eigenvalue weighted by atomic mass is 16.4. The second-order valence-corrected chi connectivity index (χ2v) is 19.9. The zero-order valence-corrected chi connectivity index (χ0v) is 47.9. The monoisotopic (exact) mass is 1190 g/mol. The third-order valence-electron chi connectivity index (χ3n) is 13.1. The molecule has 0 aliphatic carbocycles. The molecule has 0 atom stereocenters. The molecular formula is C73H53N7O10. The number of aromatic nitrogens is 3. The molecule has 17 nitrogen and oxygen atoms in total. The summed E-state index contributed by atoms with van der Waals surface area (Å²) in [4.78, 5) is 77.9. The smallest absolute Gasteiger partial charge is 0.335 e. The van der Waals surface area contributed by atoms with Gasteiger partial charge in [-0.25, -0.2) is 33.9 Å². The Kier molecular flexibility index (Phi) is 20.4. The summed E-state index contributed by atoms with van der Waals surface area (Å²) < 4.78 is 0. The van der Waals surface area contributed by atoms with Crippen LogP contribution in [0.4, 0.5) is 22.7 Å². The van der Waals surface area contributed by atoms with Crippen molar-refractivity contribution in [1.82, 2.24) is 15.0 Å². The molecule has 7 N–H and O–H groups in total. The van der Waals surface area contributed by atoms with E-state index in [2.05, 4.69) is 54.3 Å². The van der Waals surface area contributed by atoms with Gasteiger partial charge in [-0.2, -0.15) is 0 Å². The van der Waals surface area contributed by atoms with E-state index >= 15 is 0 Å². The average Bonchev–Trinajstić information content (AvgIpc) is 1.08. The zero-order chi connectivity index (χ0) is 63.4. The largest absolute Gasteiger partial charge is 0.478 e. The van der Waals surface area contributed by atoms with Crippen LogP contribution in [-0.2, 0) is 13.1 Å². The number of carboxylic acid groups (broad SMARTS) is 5. The van der Waals surface area contributed by atoms with Gasteiger partial charge in [-0.1, -0.05) is 78.3 Å². The third-order valence-corrected chi connectivity index (χ3v) is 13.1. The second-order valence-electron chi connectivity index (χ2n) is 19.9. The fraction of sp³-hybridized carbons (Fsp3) is 0.0411. The molecule has 11 aromatic rings. The number of nitrogens with one attached hydrogen (secondary N) is 2. The van der Waals surface area contributed by atoms with Crippen LogP contribution in [0, 0.1) is 30.6 Å². The summed E-state index contributed by atoms with van der Waals surface area (Å²) in [6, 6.07) is 65.4. The molecule has 0 spiro atoms. The minimum Gasteiger partial charge on any atom is -0.478 e. The van der Waals surface area contributed by atoms with E-state index in [0.29, 0.717) is 47.0 Å². The zero-order valence-electron chi connectivity index (χ0n) is 47.9. The van der Waals surface area contributed by atoms with Gasteiger partial charge in [0, 0.05) is 44.4 Å². The Morgan fingerprint density at radius 1 is 0.378 bits per heavy atom. The number of aryl methyl sites for hydroxylation is 1. The molecule has 90 heavy (non-hydrogen) atoms. The van der Waals surface area contributed by atoms with Crippen LogP contribution in [0.3, 0.4) is 0 Å². The molecule has 0 radical (unpaired) electrons. The van der Waals surface area contributed by atoms with E-state index in [-0.39, 0.29) is 27.8 Å². The van der Waals surface area contributed by atoms with Crippen LogP contribution < -0.4 is 10.6 Å². The second kappa shape index (κ2) is 29.8. The molecule has 0 fully saturated rings. The molecule has 8 aromatic carbocycles. The molecule has 17 heteroatoms. The molecule has 0 aliphatic rings. The van der Waals surface area contributed by atoms with Gasteiger partial charge in [0.15, 0.2) is 0 Å². The molecular weight excluding hydrogens is 1130 g/mol. The first-order valence-electron chi connectivity index (χ1n) is 27.7. The molecule has 11 rings (SSSR count). The number of pyridine rings is 3. The van der Waals surface area contributed by atoms with Crippen LogP contribution in [0.2, 0.25) is 0 Å².